The van der Waals surface area contributed by atoms with Crippen LogP contribution in [0.5, 0.6) is 0 Å². The zero-order valence-electron chi connectivity index (χ0n) is 15.5. The molecule has 7 heteroatoms. The molecule has 3 aromatic rings. The molecule has 0 aliphatic carbocycles. The Labute approximate surface area is 157 Å². The van der Waals surface area contributed by atoms with Crippen LogP contribution in [0.3, 0.4) is 0 Å². The van der Waals surface area contributed by atoms with Crippen molar-refractivity contribution >= 4 is 21.7 Å². The predicted octanol–water partition coefficient (Wildman–Crippen LogP) is 2.50. The lowest BCUT2D eigenvalue weighted by atomic mass is 10.1. The van der Waals surface area contributed by atoms with Crippen LogP contribution in [-0.2, 0) is 6.54 Å². The van der Waals surface area contributed by atoms with Crippen LogP contribution in [-0.4, -0.2) is 46.6 Å². The second kappa shape index (κ2) is 8.53. The summed E-state index contributed by atoms with van der Waals surface area (Å²) in [5, 5.41) is 3.55. The zero-order valence-corrected chi connectivity index (χ0v) is 16.3. The minimum absolute atomic E-state index is 0.0258. The number of fused-ring (bicyclic) bond motifs is 1. The van der Waals surface area contributed by atoms with E-state index in [1.54, 1.807) is 10.1 Å². The van der Waals surface area contributed by atoms with E-state index in [1.807, 2.05) is 30.3 Å². The second-order valence-electron chi connectivity index (χ2n) is 6.57. The van der Waals surface area contributed by atoms with Crippen molar-refractivity contribution in [3.8, 4) is 0 Å². The molecule has 1 unspecified atom stereocenters. The largest absolute Gasteiger partial charge is 0.308 e. The fourth-order valence-electron chi connectivity index (χ4n) is 2.93. The molecule has 0 spiro atoms. The van der Waals surface area contributed by atoms with Crippen LogP contribution in [0.25, 0.3) is 10.3 Å². The first-order valence-electron chi connectivity index (χ1n) is 8.86. The summed E-state index contributed by atoms with van der Waals surface area (Å²) in [6.45, 7) is 4.39. The molecular formula is C19H25N5OS. The molecule has 2 heterocycles. The highest BCUT2D eigenvalue weighted by atomic mass is 32.1. The van der Waals surface area contributed by atoms with Gasteiger partial charge in [-0.15, -0.1) is 11.3 Å². The number of rotatable bonds is 8. The third-order valence-electron chi connectivity index (χ3n) is 4.34. The lowest BCUT2D eigenvalue weighted by Gasteiger charge is -2.22. The minimum atomic E-state index is -0.0667. The van der Waals surface area contributed by atoms with Crippen molar-refractivity contribution in [1.82, 2.24) is 24.8 Å². The SMILES string of the molecule is CCC(NCCN(C)C)c1nc2scnc2c(=O)n1Cc1ccccc1. The van der Waals surface area contributed by atoms with E-state index in [9.17, 15) is 4.79 Å². The van der Waals surface area contributed by atoms with Crippen LogP contribution in [0.1, 0.15) is 30.8 Å². The van der Waals surface area contributed by atoms with Gasteiger partial charge in [0.1, 0.15) is 5.82 Å². The van der Waals surface area contributed by atoms with E-state index < -0.39 is 0 Å². The highest BCUT2D eigenvalue weighted by Crippen LogP contribution is 2.19. The Hall–Kier alpha value is -2.09. The Bertz CT molecular complexity index is 903. The van der Waals surface area contributed by atoms with Crippen LogP contribution in [0.2, 0.25) is 0 Å². The molecular weight excluding hydrogens is 346 g/mol. The Morgan fingerprint density at radius 2 is 2.04 bits per heavy atom. The molecule has 0 aliphatic rings. The summed E-state index contributed by atoms with van der Waals surface area (Å²) in [5.74, 6) is 0.789. The summed E-state index contributed by atoms with van der Waals surface area (Å²) in [5.41, 5.74) is 3.16. The first-order chi connectivity index (χ1) is 12.6. The van der Waals surface area contributed by atoms with Gasteiger partial charge in [-0.25, -0.2) is 9.97 Å². The molecule has 0 saturated heterocycles. The van der Waals surface area contributed by atoms with Crippen molar-refractivity contribution in [3.63, 3.8) is 0 Å². The number of nitrogens with one attached hydrogen (secondary N) is 1. The van der Waals surface area contributed by atoms with E-state index in [-0.39, 0.29) is 11.6 Å². The van der Waals surface area contributed by atoms with Gasteiger partial charge < -0.3 is 10.2 Å². The first kappa shape index (κ1) is 18.7. The van der Waals surface area contributed by atoms with Crippen LogP contribution in [0, 0.1) is 0 Å². The van der Waals surface area contributed by atoms with Crippen LogP contribution >= 0.6 is 11.3 Å². The van der Waals surface area contributed by atoms with Gasteiger partial charge in [-0.1, -0.05) is 37.3 Å². The van der Waals surface area contributed by atoms with Gasteiger partial charge in [-0.2, -0.15) is 0 Å². The summed E-state index contributed by atoms with van der Waals surface area (Å²) in [6.07, 6.45) is 0.860. The Balaban J connectivity index is 2.01. The lowest BCUT2D eigenvalue weighted by Crippen LogP contribution is -2.35. The molecule has 0 aliphatic heterocycles. The second-order valence-corrected chi connectivity index (χ2v) is 7.40. The molecule has 0 bridgehead atoms. The van der Waals surface area contributed by atoms with Gasteiger partial charge >= 0.3 is 0 Å². The van der Waals surface area contributed by atoms with E-state index in [2.05, 4.69) is 36.2 Å². The van der Waals surface area contributed by atoms with Gasteiger partial charge in [0.25, 0.3) is 5.56 Å². The van der Waals surface area contributed by atoms with Gasteiger partial charge in [0, 0.05) is 13.1 Å². The number of hydrogen-bond acceptors (Lipinski definition) is 6. The van der Waals surface area contributed by atoms with E-state index in [0.29, 0.717) is 16.9 Å². The summed E-state index contributed by atoms with van der Waals surface area (Å²) in [7, 11) is 4.10. The maximum atomic E-state index is 13.0. The fourth-order valence-corrected chi connectivity index (χ4v) is 3.58. The number of aromatic nitrogens is 3. The van der Waals surface area contributed by atoms with Crippen molar-refractivity contribution in [2.24, 2.45) is 0 Å². The van der Waals surface area contributed by atoms with Crippen molar-refractivity contribution in [2.75, 3.05) is 27.2 Å². The molecule has 26 heavy (non-hydrogen) atoms. The Morgan fingerprint density at radius 3 is 2.73 bits per heavy atom. The van der Waals surface area contributed by atoms with E-state index in [4.69, 9.17) is 4.98 Å². The number of nitrogens with zero attached hydrogens (tertiary/aromatic N) is 4. The van der Waals surface area contributed by atoms with Gasteiger partial charge in [0.15, 0.2) is 10.3 Å². The quantitative estimate of drug-likeness (QED) is 0.659. The summed E-state index contributed by atoms with van der Waals surface area (Å²) in [6, 6.07) is 10.0. The standard InChI is InChI=1S/C19H25N5OS/c1-4-15(20-10-11-23(2)3)17-22-18-16(21-13-26-18)19(25)24(17)12-14-8-6-5-7-9-14/h5-9,13,15,20H,4,10-12H2,1-3H3. The molecule has 6 nitrogen and oxygen atoms in total. The molecule has 0 amide bonds. The van der Waals surface area contributed by atoms with Crippen molar-refractivity contribution in [2.45, 2.75) is 25.9 Å². The van der Waals surface area contributed by atoms with Crippen molar-refractivity contribution < 1.29 is 0 Å². The van der Waals surface area contributed by atoms with Crippen LogP contribution in [0.15, 0.2) is 40.6 Å². The highest BCUT2D eigenvalue weighted by Gasteiger charge is 2.20. The zero-order chi connectivity index (χ0) is 18.5. The smallest absolute Gasteiger partial charge is 0.281 e. The van der Waals surface area contributed by atoms with E-state index in [0.717, 1.165) is 30.9 Å². The van der Waals surface area contributed by atoms with E-state index >= 15 is 0 Å². The van der Waals surface area contributed by atoms with Crippen molar-refractivity contribution in [3.05, 3.63) is 57.6 Å². The average Bonchev–Trinajstić information content (AvgIpc) is 3.11. The van der Waals surface area contributed by atoms with Gasteiger partial charge in [-0.3, -0.25) is 9.36 Å². The topological polar surface area (TPSA) is 63.0 Å². The van der Waals surface area contributed by atoms with Crippen LogP contribution in [0.4, 0.5) is 0 Å². The minimum Gasteiger partial charge on any atom is -0.308 e. The number of benzene rings is 1. The van der Waals surface area contributed by atoms with E-state index in [1.165, 1.54) is 11.3 Å². The summed E-state index contributed by atoms with van der Waals surface area (Å²) in [4.78, 5) is 24.9. The molecule has 138 valence electrons. The van der Waals surface area contributed by atoms with Crippen molar-refractivity contribution in [1.29, 1.82) is 0 Å². The molecule has 1 aromatic carbocycles. The molecule has 2 aromatic heterocycles. The highest BCUT2D eigenvalue weighted by molar-refractivity contribution is 7.16. The molecule has 0 fully saturated rings. The van der Waals surface area contributed by atoms with Crippen LogP contribution < -0.4 is 10.9 Å². The molecule has 0 saturated carbocycles. The lowest BCUT2D eigenvalue weighted by molar-refractivity contribution is 0.373. The number of likely N-dealkylation sites (N-methyl/N-ethyl adjacent to an activating group) is 1. The third kappa shape index (κ3) is 4.17. The predicted molar refractivity (Wildman–Crippen MR) is 107 cm³/mol. The molecule has 1 atom stereocenters. The number of thiazole rings is 1. The maximum Gasteiger partial charge on any atom is 0.281 e. The Morgan fingerprint density at radius 1 is 1.27 bits per heavy atom. The molecule has 0 radical (unpaired) electrons. The normalized spacial score (nSPS) is 12.8. The van der Waals surface area contributed by atoms with Gasteiger partial charge in [0.2, 0.25) is 0 Å². The fraction of sp³-hybridized carbons (Fsp3) is 0.421. The molecule has 1 N–H and O–H groups in total. The van der Waals surface area contributed by atoms with Gasteiger partial charge in [-0.05, 0) is 26.1 Å². The average molecular weight is 372 g/mol. The Kier molecular flexibility index (Phi) is 6.13. The third-order valence-corrected chi connectivity index (χ3v) is 5.06. The monoisotopic (exact) mass is 371 g/mol. The number of hydrogen-bond donors (Lipinski definition) is 1. The summed E-state index contributed by atoms with van der Waals surface area (Å²) < 4.78 is 1.77. The maximum absolute atomic E-state index is 13.0. The first-order valence-corrected chi connectivity index (χ1v) is 9.74. The molecule has 3 rings (SSSR count). The van der Waals surface area contributed by atoms with Gasteiger partial charge in [0.05, 0.1) is 18.1 Å². The summed E-state index contributed by atoms with van der Waals surface area (Å²) >= 11 is 1.42.